The smallest absolute Gasteiger partial charge is 0.372 e. The summed E-state index contributed by atoms with van der Waals surface area (Å²) in [5.74, 6) is -3.93. The van der Waals surface area contributed by atoms with Crippen LogP contribution in [0.25, 0.3) is 0 Å². The molecule has 1 unspecified atom stereocenters. The van der Waals surface area contributed by atoms with Crippen LogP contribution in [0.4, 0.5) is 22.0 Å². The Kier molecular flexibility index (Phi) is 6.78. The fourth-order valence-electron chi connectivity index (χ4n) is 5.24. The summed E-state index contributed by atoms with van der Waals surface area (Å²) in [5.41, 5.74) is 0.969. The number of nitrogens with zero attached hydrogens (tertiary/aromatic N) is 3. The summed E-state index contributed by atoms with van der Waals surface area (Å²) < 4.78 is 67.8. The maximum absolute atomic E-state index is 14.0. The Hall–Kier alpha value is -2.04. The van der Waals surface area contributed by atoms with E-state index < -0.39 is 35.5 Å². The van der Waals surface area contributed by atoms with Crippen LogP contribution >= 0.6 is 0 Å². The third-order valence-electron chi connectivity index (χ3n) is 6.71. The molecule has 2 aliphatic heterocycles. The summed E-state index contributed by atoms with van der Waals surface area (Å²) in [5, 5.41) is 18.4. The lowest BCUT2D eigenvalue weighted by Gasteiger charge is -2.36. The fraction of sp³-hybridized carbons (Fsp3) is 0.625. The van der Waals surface area contributed by atoms with Crippen LogP contribution in [0.5, 0.6) is 0 Å². The maximum Gasteiger partial charge on any atom is 0.419 e. The highest BCUT2D eigenvalue weighted by Gasteiger charge is 2.41. The van der Waals surface area contributed by atoms with Gasteiger partial charge in [0.2, 0.25) is 0 Å². The number of H-pyrrole nitrogens is 1. The average molecular weight is 487 g/mol. The van der Waals surface area contributed by atoms with E-state index in [9.17, 15) is 27.1 Å². The molecule has 1 aromatic carbocycles. The molecule has 0 radical (unpaired) electrons. The van der Waals surface area contributed by atoms with Gasteiger partial charge in [0.15, 0.2) is 17.9 Å². The highest BCUT2D eigenvalue weighted by molar-refractivity contribution is 5.35. The zero-order chi connectivity index (χ0) is 24.8. The first kappa shape index (κ1) is 25.1. The van der Waals surface area contributed by atoms with Crippen LogP contribution in [0.3, 0.4) is 0 Å². The van der Waals surface area contributed by atoms with Gasteiger partial charge in [0.1, 0.15) is 5.69 Å². The molecule has 0 saturated carbocycles. The number of aromatic nitrogens is 2. The summed E-state index contributed by atoms with van der Waals surface area (Å²) in [6, 6.07) is 1.78. The van der Waals surface area contributed by atoms with Crippen molar-refractivity contribution >= 4 is 0 Å². The lowest BCUT2D eigenvalue weighted by molar-refractivity contribution is -0.141. The minimum absolute atomic E-state index is 0.170. The van der Waals surface area contributed by atoms with Crippen molar-refractivity contribution in [1.82, 2.24) is 20.0 Å². The number of hydrogen-bond acceptors (Lipinski definition) is 4. The van der Waals surface area contributed by atoms with Crippen molar-refractivity contribution in [2.45, 2.75) is 64.9 Å². The van der Waals surface area contributed by atoms with Crippen LogP contribution in [0.15, 0.2) is 12.1 Å². The van der Waals surface area contributed by atoms with Crippen molar-refractivity contribution in [3.8, 4) is 0 Å². The van der Waals surface area contributed by atoms with Gasteiger partial charge in [-0.05, 0) is 42.2 Å². The van der Waals surface area contributed by atoms with E-state index in [2.05, 4.69) is 35.9 Å². The van der Waals surface area contributed by atoms with Crippen molar-refractivity contribution < 1.29 is 27.1 Å². The first-order chi connectivity index (χ1) is 15.8. The van der Waals surface area contributed by atoms with Gasteiger partial charge in [-0.3, -0.25) is 14.9 Å². The normalized spacial score (nSPS) is 19.9. The van der Waals surface area contributed by atoms with E-state index in [4.69, 9.17) is 0 Å². The summed E-state index contributed by atoms with van der Waals surface area (Å²) >= 11 is 0. The second-order valence-corrected chi connectivity index (χ2v) is 10.6. The van der Waals surface area contributed by atoms with E-state index in [1.54, 1.807) is 4.90 Å². The van der Waals surface area contributed by atoms with Crippen LogP contribution in [0, 0.1) is 17.0 Å². The lowest BCUT2D eigenvalue weighted by atomic mass is 9.85. The van der Waals surface area contributed by atoms with E-state index in [-0.39, 0.29) is 23.8 Å². The molecule has 1 saturated heterocycles. The number of piperidine rings is 1. The molecule has 1 fully saturated rings. The molecule has 10 heteroatoms. The largest absolute Gasteiger partial charge is 0.419 e. The van der Waals surface area contributed by atoms with Crippen LogP contribution in [-0.4, -0.2) is 51.3 Å². The van der Waals surface area contributed by atoms with Crippen molar-refractivity contribution in [2.75, 3.05) is 26.2 Å². The number of benzene rings is 1. The molecule has 34 heavy (non-hydrogen) atoms. The number of aromatic amines is 1. The van der Waals surface area contributed by atoms with Gasteiger partial charge in [0.25, 0.3) is 0 Å². The number of halogens is 5. The highest BCUT2D eigenvalue weighted by Crippen LogP contribution is 2.41. The zero-order valence-electron chi connectivity index (χ0n) is 19.6. The second kappa shape index (κ2) is 9.20. The molecule has 2 N–H and O–H groups in total. The minimum Gasteiger partial charge on any atom is -0.372 e. The molecule has 2 aromatic rings. The molecule has 0 aliphatic carbocycles. The maximum atomic E-state index is 14.0. The molecule has 2 aliphatic rings. The van der Waals surface area contributed by atoms with Gasteiger partial charge < -0.3 is 5.11 Å². The van der Waals surface area contributed by atoms with Crippen LogP contribution in [-0.2, 0) is 19.1 Å². The molecule has 4 rings (SSSR count). The van der Waals surface area contributed by atoms with Crippen molar-refractivity contribution in [2.24, 2.45) is 5.41 Å². The first-order valence-corrected chi connectivity index (χ1v) is 11.6. The molecule has 0 bridgehead atoms. The van der Waals surface area contributed by atoms with Crippen LogP contribution in [0.1, 0.15) is 73.8 Å². The Morgan fingerprint density at radius 3 is 2.41 bits per heavy atom. The number of aliphatic hydroxyl groups is 1. The van der Waals surface area contributed by atoms with Gasteiger partial charge in [-0.2, -0.15) is 18.3 Å². The average Bonchev–Trinajstić information content (AvgIpc) is 3.16. The van der Waals surface area contributed by atoms with E-state index in [1.165, 1.54) is 0 Å². The van der Waals surface area contributed by atoms with Gasteiger partial charge in [-0.25, -0.2) is 8.78 Å². The van der Waals surface area contributed by atoms with Crippen LogP contribution in [0.2, 0.25) is 0 Å². The van der Waals surface area contributed by atoms with E-state index in [0.29, 0.717) is 18.8 Å². The monoisotopic (exact) mass is 486 g/mol. The summed E-state index contributed by atoms with van der Waals surface area (Å²) in [4.78, 5) is 4.13. The highest BCUT2D eigenvalue weighted by atomic mass is 19.4. The second-order valence-electron chi connectivity index (χ2n) is 10.6. The molecule has 5 nitrogen and oxygen atoms in total. The molecule has 1 atom stereocenters. The predicted octanol–water partition coefficient (Wildman–Crippen LogP) is 4.98. The van der Waals surface area contributed by atoms with Crippen molar-refractivity contribution in [3.63, 3.8) is 0 Å². The third kappa shape index (κ3) is 5.13. The van der Waals surface area contributed by atoms with Crippen molar-refractivity contribution in [1.29, 1.82) is 0 Å². The molecule has 0 spiro atoms. The Morgan fingerprint density at radius 1 is 1.12 bits per heavy atom. The summed E-state index contributed by atoms with van der Waals surface area (Å²) in [6.45, 7) is 9.73. The number of alkyl halides is 3. The van der Waals surface area contributed by atoms with Crippen molar-refractivity contribution in [3.05, 3.63) is 51.8 Å². The summed E-state index contributed by atoms with van der Waals surface area (Å²) in [7, 11) is 0. The molecule has 1 aromatic heterocycles. The van der Waals surface area contributed by atoms with E-state index >= 15 is 0 Å². The zero-order valence-corrected chi connectivity index (χ0v) is 19.6. The van der Waals surface area contributed by atoms with Gasteiger partial charge in [0, 0.05) is 38.3 Å². The van der Waals surface area contributed by atoms with Gasteiger partial charge in [-0.1, -0.05) is 26.8 Å². The number of fused-ring (bicyclic) bond motifs is 1. The molecule has 188 valence electrons. The lowest BCUT2D eigenvalue weighted by Crippen LogP contribution is -2.38. The van der Waals surface area contributed by atoms with Gasteiger partial charge in [-0.15, -0.1) is 0 Å². The molecular formula is C24H31F5N4O. The molecular weight excluding hydrogens is 455 g/mol. The Balaban J connectivity index is 1.44. The fourth-order valence-corrected chi connectivity index (χ4v) is 5.24. The van der Waals surface area contributed by atoms with Gasteiger partial charge >= 0.3 is 6.18 Å². The summed E-state index contributed by atoms with van der Waals surface area (Å²) in [6.07, 6.45) is -4.61. The standard InChI is InChI=1S/C24H31F5N4O/c1-23(2,3)13-32-9-8-16-18(12-32)30-31-21(16)22(34)33-10-6-14(7-11-33)15-4-5-17(25)20(26)19(15)24(27,28)29/h4-5,14,22,34H,6-13H2,1-3H3,(H,30,31). The third-order valence-corrected chi connectivity index (χ3v) is 6.71. The molecule has 3 heterocycles. The quantitative estimate of drug-likeness (QED) is 0.599. The number of likely N-dealkylation sites (tertiary alicyclic amines) is 1. The Bertz CT molecular complexity index is 1020. The van der Waals surface area contributed by atoms with Gasteiger partial charge in [0.05, 0.1) is 11.3 Å². The van der Waals surface area contributed by atoms with E-state index in [0.717, 1.165) is 49.4 Å². The minimum atomic E-state index is -4.98. The predicted molar refractivity (Wildman–Crippen MR) is 117 cm³/mol. The SMILES string of the molecule is CC(C)(C)CN1CCc2c(C(O)N3CCC(c4ccc(F)c(F)c4C(F)(F)F)CC3)n[nH]c2C1. The number of nitrogens with one attached hydrogen (secondary N) is 1. The number of rotatable bonds is 4. The number of hydrogen-bond donors (Lipinski definition) is 2. The topological polar surface area (TPSA) is 55.4 Å². The van der Waals surface area contributed by atoms with Crippen LogP contribution < -0.4 is 0 Å². The Labute approximate surface area is 195 Å². The molecule has 0 amide bonds. The van der Waals surface area contributed by atoms with E-state index in [1.807, 2.05) is 0 Å². The Morgan fingerprint density at radius 2 is 1.79 bits per heavy atom. The first-order valence-electron chi connectivity index (χ1n) is 11.6. The number of aliphatic hydroxyl groups excluding tert-OH is 1.